The Bertz CT molecular complexity index is 283. The van der Waals surface area contributed by atoms with Crippen molar-refractivity contribution in [2.24, 2.45) is 0 Å². The van der Waals surface area contributed by atoms with Gasteiger partial charge in [-0.3, -0.25) is 4.79 Å². The molecule has 0 fully saturated rings. The molecule has 1 amide bonds. The molecule has 0 unspecified atom stereocenters. The van der Waals surface area contributed by atoms with Crippen LogP contribution in [0.1, 0.15) is 13.8 Å². The maximum Gasteiger partial charge on any atom is 0.241 e. The van der Waals surface area contributed by atoms with Gasteiger partial charge in [0.15, 0.2) is 0 Å². The average Bonchev–Trinajstić information content (AvgIpc) is 2.64. The molecule has 1 aromatic rings. The number of hydrogen-bond donors (Lipinski definition) is 2. The molecule has 2 N–H and O–H groups in total. The Balaban J connectivity index is 2.09. The van der Waals surface area contributed by atoms with Gasteiger partial charge in [-0.2, -0.15) is 0 Å². The van der Waals surface area contributed by atoms with Gasteiger partial charge in [0.2, 0.25) is 5.91 Å². The second-order valence-corrected chi connectivity index (χ2v) is 3.56. The van der Waals surface area contributed by atoms with Gasteiger partial charge in [-0.1, -0.05) is 19.1 Å². The second kappa shape index (κ2) is 6.13. The summed E-state index contributed by atoms with van der Waals surface area (Å²) in [5.41, 5.74) is 0. The molecule has 0 saturated heterocycles. The molecule has 0 atom stereocenters. The lowest BCUT2D eigenvalue weighted by molar-refractivity contribution is -0.121. The first-order chi connectivity index (χ1) is 7.18. The van der Waals surface area contributed by atoms with E-state index in [-0.39, 0.29) is 12.5 Å². The van der Waals surface area contributed by atoms with Crippen molar-refractivity contribution < 1.29 is 4.79 Å². The number of aromatic nitrogens is 3. The highest BCUT2D eigenvalue weighted by Crippen LogP contribution is 1.80. The Morgan fingerprint density at radius 1 is 1.47 bits per heavy atom. The molecule has 1 rings (SSSR count). The lowest BCUT2D eigenvalue weighted by atomic mass is 10.4. The molecular weight excluding hydrogens is 194 g/mol. The summed E-state index contributed by atoms with van der Waals surface area (Å²) in [5.74, 6) is -0.0499. The second-order valence-electron chi connectivity index (χ2n) is 3.56. The van der Waals surface area contributed by atoms with Crippen molar-refractivity contribution in [1.29, 1.82) is 0 Å². The molecule has 0 aliphatic rings. The maximum absolute atomic E-state index is 11.3. The van der Waals surface area contributed by atoms with E-state index in [1.807, 2.05) is 0 Å². The van der Waals surface area contributed by atoms with E-state index in [2.05, 4.69) is 34.8 Å². The monoisotopic (exact) mass is 211 g/mol. The zero-order valence-electron chi connectivity index (χ0n) is 9.10. The first-order valence-electron chi connectivity index (χ1n) is 5.02. The van der Waals surface area contributed by atoms with Gasteiger partial charge in [0.1, 0.15) is 6.54 Å². The largest absolute Gasteiger partial charge is 0.353 e. The molecule has 84 valence electrons. The molecular formula is C9H17N5O. The highest BCUT2D eigenvalue weighted by Gasteiger charge is 2.01. The lowest BCUT2D eigenvalue weighted by Crippen LogP contribution is -2.36. The van der Waals surface area contributed by atoms with Crippen LogP contribution in [0.15, 0.2) is 12.4 Å². The molecule has 6 heteroatoms. The van der Waals surface area contributed by atoms with Crippen LogP contribution in [0.3, 0.4) is 0 Å². The van der Waals surface area contributed by atoms with Crippen molar-refractivity contribution >= 4 is 5.91 Å². The van der Waals surface area contributed by atoms with Crippen LogP contribution >= 0.6 is 0 Å². The third-order valence-electron chi connectivity index (χ3n) is 1.78. The minimum absolute atomic E-state index is 0.0499. The fraction of sp³-hybridized carbons (Fsp3) is 0.667. The van der Waals surface area contributed by atoms with E-state index in [0.717, 1.165) is 6.54 Å². The minimum atomic E-state index is -0.0499. The number of nitrogens with one attached hydrogen (secondary N) is 2. The summed E-state index contributed by atoms with van der Waals surface area (Å²) in [5, 5.41) is 13.3. The van der Waals surface area contributed by atoms with Crippen LogP contribution < -0.4 is 10.6 Å². The number of amides is 1. The topological polar surface area (TPSA) is 71.8 Å². The first kappa shape index (κ1) is 11.6. The molecule has 6 nitrogen and oxygen atoms in total. The van der Waals surface area contributed by atoms with Crippen molar-refractivity contribution in [1.82, 2.24) is 25.6 Å². The van der Waals surface area contributed by atoms with Crippen LogP contribution in [0.2, 0.25) is 0 Å². The number of carbonyl (C=O) groups is 1. The molecule has 1 aromatic heterocycles. The molecule has 0 saturated carbocycles. The quantitative estimate of drug-likeness (QED) is 0.616. The van der Waals surface area contributed by atoms with E-state index < -0.39 is 0 Å². The van der Waals surface area contributed by atoms with Gasteiger partial charge in [0.25, 0.3) is 0 Å². The summed E-state index contributed by atoms with van der Waals surface area (Å²) < 4.78 is 1.49. The Hall–Kier alpha value is -1.43. The summed E-state index contributed by atoms with van der Waals surface area (Å²) >= 11 is 0. The molecule has 0 aromatic carbocycles. The lowest BCUT2D eigenvalue weighted by Gasteiger charge is -2.08. The molecule has 0 radical (unpaired) electrons. The number of hydrogen-bond acceptors (Lipinski definition) is 4. The third-order valence-corrected chi connectivity index (χ3v) is 1.78. The van der Waals surface area contributed by atoms with Crippen molar-refractivity contribution in [2.75, 3.05) is 13.1 Å². The maximum atomic E-state index is 11.3. The van der Waals surface area contributed by atoms with Crippen LogP contribution in [0.4, 0.5) is 0 Å². The van der Waals surface area contributed by atoms with E-state index in [1.54, 1.807) is 12.4 Å². The van der Waals surface area contributed by atoms with E-state index in [4.69, 9.17) is 0 Å². The third kappa shape index (κ3) is 5.11. The number of carbonyl (C=O) groups excluding carboxylic acids is 1. The smallest absolute Gasteiger partial charge is 0.241 e. The molecule has 15 heavy (non-hydrogen) atoms. The molecule has 0 aliphatic heterocycles. The summed E-state index contributed by atoms with van der Waals surface area (Å²) in [6.07, 6.45) is 3.21. The van der Waals surface area contributed by atoms with Crippen molar-refractivity contribution in [3.8, 4) is 0 Å². The van der Waals surface area contributed by atoms with Crippen LogP contribution in [-0.2, 0) is 11.3 Å². The van der Waals surface area contributed by atoms with Crippen LogP contribution in [-0.4, -0.2) is 40.0 Å². The van der Waals surface area contributed by atoms with Crippen LogP contribution in [0, 0.1) is 0 Å². The first-order valence-corrected chi connectivity index (χ1v) is 5.02. The predicted molar refractivity (Wildman–Crippen MR) is 56.2 cm³/mol. The summed E-state index contributed by atoms with van der Waals surface area (Å²) in [4.78, 5) is 11.3. The Morgan fingerprint density at radius 2 is 2.27 bits per heavy atom. The standard InChI is InChI=1S/C9H17N5O/c1-8(2)10-3-4-11-9(15)7-14-6-5-12-13-14/h5-6,8,10H,3-4,7H2,1-2H3,(H,11,15). The Morgan fingerprint density at radius 3 is 2.87 bits per heavy atom. The van der Waals surface area contributed by atoms with Gasteiger partial charge in [-0.05, 0) is 0 Å². The van der Waals surface area contributed by atoms with E-state index in [9.17, 15) is 4.79 Å². The normalized spacial score (nSPS) is 10.6. The van der Waals surface area contributed by atoms with Gasteiger partial charge in [0, 0.05) is 25.3 Å². The van der Waals surface area contributed by atoms with E-state index in [0.29, 0.717) is 12.6 Å². The molecule has 0 spiro atoms. The van der Waals surface area contributed by atoms with Gasteiger partial charge >= 0.3 is 0 Å². The fourth-order valence-electron chi connectivity index (χ4n) is 1.08. The summed E-state index contributed by atoms with van der Waals surface area (Å²) in [6.45, 7) is 5.77. The molecule has 0 aliphatic carbocycles. The Labute approximate surface area is 89.0 Å². The summed E-state index contributed by atoms with van der Waals surface area (Å²) in [6, 6.07) is 0.442. The van der Waals surface area contributed by atoms with E-state index >= 15 is 0 Å². The van der Waals surface area contributed by atoms with Gasteiger partial charge in [-0.25, -0.2) is 4.68 Å². The zero-order valence-corrected chi connectivity index (χ0v) is 9.10. The average molecular weight is 211 g/mol. The van der Waals surface area contributed by atoms with Gasteiger partial charge < -0.3 is 10.6 Å². The summed E-state index contributed by atoms with van der Waals surface area (Å²) in [7, 11) is 0. The molecule has 0 bridgehead atoms. The highest BCUT2D eigenvalue weighted by molar-refractivity contribution is 5.75. The minimum Gasteiger partial charge on any atom is -0.353 e. The van der Waals surface area contributed by atoms with Gasteiger partial charge in [0.05, 0.1) is 6.20 Å². The highest BCUT2D eigenvalue weighted by atomic mass is 16.2. The van der Waals surface area contributed by atoms with Crippen LogP contribution in [0.5, 0.6) is 0 Å². The Kier molecular flexibility index (Phi) is 4.76. The number of nitrogens with zero attached hydrogens (tertiary/aromatic N) is 3. The SMILES string of the molecule is CC(C)NCCNC(=O)Cn1ccnn1. The number of rotatable bonds is 6. The van der Waals surface area contributed by atoms with Crippen molar-refractivity contribution in [2.45, 2.75) is 26.4 Å². The fourth-order valence-corrected chi connectivity index (χ4v) is 1.08. The van der Waals surface area contributed by atoms with Crippen molar-refractivity contribution in [3.05, 3.63) is 12.4 Å². The predicted octanol–water partition coefficient (Wildman–Crippen LogP) is -0.608. The zero-order chi connectivity index (χ0) is 11.1. The van der Waals surface area contributed by atoms with Gasteiger partial charge in [-0.15, -0.1) is 5.10 Å². The van der Waals surface area contributed by atoms with Crippen molar-refractivity contribution in [3.63, 3.8) is 0 Å². The van der Waals surface area contributed by atoms with Crippen LogP contribution in [0.25, 0.3) is 0 Å². The van der Waals surface area contributed by atoms with E-state index in [1.165, 1.54) is 4.68 Å². The molecule has 1 heterocycles.